The summed E-state index contributed by atoms with van der Waals surface area (Å²) in [6, 6.07) is 12.8. The van der Waals surface area contributed by atoms with Crippen LogP contribution in [0.1, 0.15) is 16.1 Å². The number of ether oxygens (including phenoxy) is 1. The Labute approximate surface area is 187 Å². The Hall–Kier alpha value is -2.42. The molecule has 0 spiro atoms. The van der Waals surface area contributed by atoms with Gasteiger partial charge in [0.25, 0.3) is 5.91 Å². The zero-order valence-electron chi connectivity index (χ0n) is 16.5. The number of methoxy groups -OCH3 is 1. The van der Waals surface area contributed by atoms with Crippen molar-refractivity contribution in [3.05, 3.63) is 63.6 Å². The molecule has 1 aromatic heterocycles. The third-order valence-corrected chi connectivity index (χ3v) is 6.56. The van der Waals surface area contributed by atoms with Gasteiger partial charge in [-0.25, -0.2) is 4.98 Å². The molecule has 0 saturated carbocycles. The van der Waals surface area contributed by atoms with Crippen molar-refractivity contribution in [1.29, 1.82) is 0 Å². The number of phenols is 1. The van der Waals surface area contributed by atoms with E-state index in [4.69, 9.17) is 9.72 Å². The van der Waals surface area contributed by atoms with Gasteiger partial charge in [-0.05, 0) is 42.5 Å². The van der Waals surface area contributed by atoms with Gasteiger partial charge in [0, 0.05) is 48.1 Å². The highest BCUT2D eigenvalue weighted by Crippen LogP contribution is 2.27. The van der Waals surface area contributed by atoms with E-state index < -0.39 is 0 Å². The molecule has 30 heavy (non-hydrogen) atoms. The first-order chi connectivity index (χ1) is 14.5. The summed E-state index contributed by atoms with van der Waals surface area (Å²) in [5.74, 6) is 0.710. The second-order valence-electron chi connectivity index (χ2n) is 7.10. The van der Waals surface area contributed by atoms with E-state index >= 15 is 0 Å². The van der Waals surface area contributed by atoms with Crippen molar-refractivity contribution in [2.24, 2.45) is 0 Å². The number of phenolic OH excluding ortho intramolecular Hbond substituents is 1. The van der Waals surface area contributed by atoms with E-state index in [1.807, 2.05) is 24.3 Å². The maximum Gasteiger partial charge on any atom is 0.257 e. The molecule has 1 aliphatic rings. The van der Waals surface area contributed by atoms with E-state index in [-0.39, 0.29) is 11.7 Å². The van der Waals surface area contributed by atoms with Crippen LogP contribution in [0.5, 0.6) is 11.5 Å². The fraction of sp³-hybridized carbons (Fsp3) is 0.273. The van der Waals surface area contributed by atoms with Crippen LogP contribution < -0.4 is 4.74 Å². The number of aromatic hydroxyl groups is 1. The van der Waals surface area contributed by atoms with Crippen molar-refractivity contribution in [3.8, 4) is 22.1 Å². The van der Waals surface area contributed by atoms with Crippen LogP contribution in [0.15, 0.2) is 52.3 Å². The van der Waals surface area contributed by atoms with Crippen LogP contribution in [-0.2, 0) is 6.54 Å². The molecule has 0 aliphatic carbocycles. The summed E-state index contributed by atoms with van der Waals surface area (Å²) in [5, 5.41) is 13.1. The molecule has 8 heteroatoms. The molecule has 2 aromatic carbocycles. The molecule has 3 aromatic rings. The fourth-order valence-electron chi connectivity index (χ4n) is 3.43. The molecule has 0 radical (unpaired) electrons. The maximum atomic E-state index is 12.8. The van der Waals surface area contributed by atoms with Crippen molar-refractivity contribution in [1.82, 2.24) is 14.8 Å². The van der Waals surface area contributed by atoms with E-state index in [0.717, 1.165) is 46.1 Å². The molecular weight excluding hydrogens is 466 g/mol. The molecule has 0 atom stereocenters. The molecular formula is C22H22BrN3O3S. The third-order valence-electron chi connectivity index (χ3n) is 5.12. The minimum absolute atomic E-state index is 0.0131. The monoisotopic (exact) mass is 487 g/mol. The van der Waals surface area contributed by atoms with Gasteiger partial charge in [0.1, 0.15) is 16.5 Å². The number of thiazole rings is 1. The SMILES string of the molecule is COc1ccc(-c2nc(CN3CCN(C(=O)c4cc(Br)ccc4O)CC3)cs2)cc1. The number of carbonyl (C=O) groups excluding carboxylic acids is 1. The van der Waals surface area contributed by atoms with Crippen molar-refractivity contribution < 1.29 is 14.6 Å². The summed E-state index contributed by atoms with van der Waals surface area (Å²) in [7, 11) is 1.66. The van der Waals surface area contributed by atoms with Gasteiger partial charge in [-0.15, -0.1) is 11.3 Å². The van der Waals surface area contributed by atoms with Crippen LogP contribution in [0.25, 0.3) is 10.6 Å². The van der Waals surface area contributed by atoms with Gasteiger partial charge < -0.3 is 14.7 Å². The number of amides is 1. The average molecular weight is 488 g/mol. The number of piperazine rings is 1. The van der Waals surface area contributed by atoms with E-state index in [1.54, 1.807) is 35.5 Å². The van der Waals surface area contributed by atoms with Crippen LogP contribution in [-0.4, -0.2) is 59.1 Å². The van der Waals surface area contributed by atoms with Gasteiger partial charge in [-0.2, -0.15) is 0 Å². The van der Waals surface area contributed by atoms with Gasteiger partial charge >= 0.3 is 0 Å². The predicted molar refractivity (Wildman–Crippen MR) is 121 cm³/mol. The Morgan fingerprint density at radius 1 is 1.17 bits per heavy atom. The lowest BCUT2D eigenvalue weighted by atomic mass is 10.1. The lowest BCUT2D eigenvalue weighted by molar-refractivity contribution is 0.0624. The molecule has 1 aliphatic heterocycles. The number of rotatable bonds is 5. The Morgan fingerprint density at radius 3 is 2.60 bits per heavy atom. The van der Waals surface area contributed by atoms with Crippen LogP contribution in [0.3, 0.4) is 0 Å². The van der Waals surface area contributed by atoms with Gasteiger partial charge in [0.2, 0.25) is 0 Å². The molecule has 4 rings (SSSR count). The van der Waals surface area contributed by atoms with Gasteiger partial charge in [-0.1, -0.05) is 15.9 Å². The van der Waals surface area contributed by atoms with Gasteiger partial charge in [-0.3, -0.25) is 9.69 Å². The number of hydrogen-bond acceptors (Lipinski definition) is 6. The summed E-state index contributed by atoms with van der Waals surface area (Å²) < 4.78 is 5.99. The molecule has 6 nitrogen and oxygen atoms in total. The molecule has 1 fully saturated rings. The first-order valence-corrected chi connectivity index (χ1v) is 11.3. The smallest absolute Gasteiger partial charge is 0.257 e. The maximum absolute atomic E-state index is 12.8. The number of aromatic nitrogens is 1. The molecule has 0 bridgehead atoms. The highest BCUT2D eigenvalue weighted by Gasteiger charge is 2.24. The minimum atomic E-state index is -0.135. The van der Waals surface area contributed by atoms with Crippen molar-refractivity contribution in [2.45, 2.75) is 6.54 Å². The quantitative estimate of drug-likeness (QED) is 0.582. The van der Waals surface area contributed by atoms with E-state index in [1.165, 1.54) is 6.07 Å². The molecule has 1 saturated heterocycles. The highest BCUT2D eigenvalue weighted by molar-refractivity contribution is 9.10. The lowest BCUT2D eigenvalue weighted by Crippen LogP contribution is -2.48. The van der Waals surface area contributed by atoms with Crippen LogP contribution >= 0.6 is 27.3 Å². The second-order valence-corrected chi connectivity index (χ2v) is 8.88. The lowest BCUT2D eigenvalue weighted by Gasteiger charge is -2.34. The first kappa shape index (κ1) is 20.8. The topological polar surface area (TPSA) is 65.9 Å². The Morgan fingerprint density at radius 2 is 1.90 bits per heavy atom. The number of halogens is 1. The van der Waals surface area contributed by atoms with E-state index in [2.05, 4.69) is 26.2 Å². The molecule has 2 heterocycles. The minimum Gasteiger partial charge on any atom is -0.507 e. The average Bonchev–Trinajstić information content (AvgIpc) is 3.24. The first-order valence-electron chi connectivity index (χ1n) is 9.62. The summed E-state index contributed by atoms with van der Waals surface area (Å²) in [6.45, 7) is 3.56. The Balaban J connectivity index is 1.34. The van der Waals surface area contributed by atoms with E-state index in [9.17, 15) is 9.90 Å². The Kier molecular flexibility index (Phi) is 6.36. The Bertz CT molecular complexity index is 1030. The number of benzene rings is 2. The molecule has 156 valence electrons. The van der Waals surface area contributed by atoms with Crippen LogP contribution in [0.2, 0.25) is 0 Å². The normalized spacial score (nSPS) is 14.7. The predicted octanol–water partition coefficient (Wildman–Crippen LogP) is 4.24. The number of carbonyl (C=O) groups is 1. The second kappa shape index (κ2) is 9.16. The fourth-order valence-corrected chi connectivity index (χ4v) is 4.61. The summed E-state index contributed by atoms with van der Waals surface area (Å²) in [5.41, 5.74) is 2.45. The van der Waals surface area contributed by atoms with E-state index in [0.29, 0.717) is 18.7 Å². The molecule has 1 N–H and O–H groups in total. The standard InChI is InChI=1S/C22H22BrN3O3S/c1-29-18-5-2-15(3-6-18)21-24-17(14-30-21)13-25-8-10-26(11-9-25)22(28)19-12-16(23)4-7-20(19)27/h2-7,12,14,27H,8-11,13H2,1H3. The van der Waals surface area contributed by atoms with Crippen molar-refractivity contribution in [3.63, 3.8) is 0 Å². The largest absolute Gasteiger partial charge is 0.507 e. The van der Waals surface area contributed by atoms with Crippen LogP contribution in [0.4, 0.5) is 0 Å². The van der Waals surface area contributed by atoms with Crippen molar-refractivity contribution >= 4 is 33.2 Å². The summed E-state index contributed by atoms with van der Waals surface area (Å²) in [6.07, 6.45) is 0. The number of hydrogen-bond donors (Lipinski definition) is 1. The van der Waals surface area contributed by atoms with Gasteiger partial charge in [0.15, 0.2) is 0 Å². The zero-order valence-corrected chi connectivity index (χ0v) is 18.9. The highest BCUT2D eigenvalue weighted by atomic mass is 79.9. The molecule has 1 amide bonds. The molecule has 0 unspecified atom stereocenters. The van der Waals surface area contributed by atoms with Crippen LogP contribution in [0, 0.1) is 0 Å². The third kappa shape index (κ3) is 4.66. The van der Waals surface area contributed by atoms with Gasteiger partial charge in [0.05, 0.1) is 18.4 Å². The van der Waals surface area contributed by atoms with Crippen molar-refractivity contribution in [2.75, 3.05) is 33.3 Å². The summed E-state index contributed by atoms with van der Waals surface area (Å²) >= 11 is 4.99. The number of nitrogens with zero attached hydrogens (tertiary/aromatic N) is 3. The summed E-state index contributed by atoms with van der Waals surface area (Å²) in [4.78, 5) is 21.6. The zero-order chi connectivity index (χ0) is 21.1.